The number of carboxylic acid groups (broad SMARTS) is 1. The van der Waals surface area contributed by atoms with E-state index in [4.69, 9.17) is 0 Å². The van der Waals surface area contributed by atoms with Gasteiger partial charge in [0.2, 0.25) is 0 Å². The van der Waals surface area contributed by atoms with Crippen LogP contribution in [0.4, 0.5) is 4.39 Å². The Kier molecular flexibility index (Phi) is 11.5. The summed E-state index contributed by atoms with van der Waals surface area (Å²) in [7, 11) is 0. The van der Waals surface area contributed by atoms with E-state index in [9.17, 15) is 29.3 Å². The number of aliphatic carboxylic acids is 1. The van der Waals surface area contributed by atoms with Gasteiger partial charge in [0.25, 0.3) is 5.91 Å². The number of hydrogen-bond acceptors (Lipinski definition) is 5. The molecule has 1 aliphatic rings. The van der Waals surface area contributed by atoms with Crippen molar-refractivity contribution in [3.05, 3.63) is 82.9 Å². The molecule has 2 heterocycles. The predicted octanol–water partition coefficient (Wildman–Crippen LogP) is 0.652. The van der Waals surface area contributed by atoms with Crippen molar-refractivity contribution in [2.24, 2.45) is 0 Å². The second-order valence-corrected chi connectivity index (χ2v) is 10.6. The van der Waals surface area contributed by atoms with E-state index in [0.29, 0.717) is 31.6 Å². The topological polar surface area (TPSA) is 106 Å². The summed E-state index contributed by atoms with van der Waals surface area (Å²) in [5.74, 6) is -1.78. The summed E-state index contributed by atoms with van der Waals surface area (Å²) in [5.41, 5.74) is 5.16. The number of nitrogens with zero attached hydrogens (tertiary/aromatic N) is 2. The molecule has 40 heavy (non-hydrogen) atoms. The van der Waals surface area contributed by atoms with Crippen LogP contribution in [0.3, 0.4) is 0 Å². The molecule has 7 nitrogen and oxygen atoms in total. The Morgan fingerprint density at radius 3 is 2.35 bits per heavy atom. The average molecular weight is 559 g/mol. The minimum atomic E-state index is -1.37. The van der Waals surface area contributed by atoms with Gasteiger partial charge in [-0.1, -0.05) is 42.5 Å². The van der Waals surface area contributed by atoms with Crippen LogP contribution in [0, 0.1) is 5.82 Å². The van der Waals surface area contributed by atoms with E-state index in [-0.39, 0.29) is 60.2 Å². The monoisotopic (exact) mass is 558 g/mol. The van der Waals surface area contributed by atoms with E-state index >= 15 is 0 Å². The van der Waals surface area contributed by atoms with E-state index in [0.717, 1.165) is 34.4 Å². The number of aliphatic hydroxyl groups is 2. The summed E-state index contributed by atoms with van der Waals surface area (Å²) in [6.07, 6.45) is -0.674. The SMILES string of the molecule is CC(C)n1c(CC[C@@H](O)C[C@@H](O)CC(=O)[O-])c(-c2ccc(F)cc2)c2c1C(=O)N(Cc1ccccc1)CCC2.[Na+]. The van der Waals surface area contributed by atoms with E-state index in [2.05, 4.69) is 0 Å². The molecule has 9 heteroatoms. The maximum absolute atomic E-state index is 14.1. The van der Waals surface area contributed by atoms with Crippen molar-refractivity contribution in [2.75, 3.05) is 6.54 Å². The van der Waals surface area contributed by atoms with Crippen LogP contribution in [0.15, 0.2) is 54.6 Å². The number of hydrogen-bond donors (Lipinski definition) is 2. The molecule has 4 rings (SSSR count). The third-order valence-electron chi connectivity index (χ3n) is 7.28. The van der Waals surface area contributed by atoms with Gasteiger partial charge >= 0.3 is 29.6 Å². The third kappa shape index (κ3) is 7.62. The zero-order valence-electron chi connectivity index (χ0n) is 23.5. The molecule has 2 N–H and O–H groups in total. The van der Waals surface area contributed by atoms with Crippen LogP contribution in [0.2, 0.25) is 0 Å². The van der Waals surface area contributed by atoms with Gasteiger partial charge in [-0.05, 0) is 74.8 Å². The first-order chi connectivity index (χ1) is 18.7. The number of amides is 1. The molecule has 0 saturated carbocycles. The molecule has 3 aromatic rings. The summed E-state index contributed by atoms with van der Waals surface area (Å²) in [6.45, 7) is 5.14. The van der Waals surface area contributed by atoms with Crippen molar-refractivity contribution in [1.82, 2.24) is 9.47 Å². The molecule has 0 bridgehead atoms. The zero-order chi connectivity index (χ0) is 28.1. The van der Waals surface area contributed by atoms with Gasteiger partial charge in [0.15, 0.2) is 0 Å². The number of carbonyl (C=O) groups is 2. The minimum absolute atomic E-state index is 0. The van der Waals surface area contributed by atoms with Gasteiger partial charge < -0.3 is 29.6 Å². The van der Waals surface area contributed by atoms with Crippen LogP contribution in [-0.4, -0.2) is 50.3 Å². The van der Waals surface area contributed by atoms with Gasteiger partial charge in [-0.25, -0.2) is 4.39 Å². The normalized spacial score (nSPS) is 14.8. The van der Waals surface area contributed by atoms with Crippen LogP contribution in [-0.2, 0) is 24.2 Å². The van der Waals surface area contributed by atoms with E-state index in [1.807, 2.05) is 53.6 Å². The van der Waals surface area contributed by atoms with Gasteiger partial charge in [-0.3, -0.25) is 4.79 Å². The van der Waals surface area contributed by atoms with Crippen LogP contribution in [0.5, 0.6) is 0 Å². The summed E-state index contributed by atoms with van der Waals surface area (Å²) in [6, 6.07) is 16.1. The number of carboxylic acids is 1. The number of aliphatic hydroxyl groups excluding tert-OH is 2. The van der Waals surface area contributed by atoms with Gasteiger partial charge in [-0.15, -0.1) is 0 Å². The molecule has 0 spiro atoms. The van der Waals surface area contributed by atoms with Gasteiger partial charge in [0, 0.05) is 42.8 Å². The van der Waals surface area contributed by atoms with Gasteiger partial charge in [0.05, 0.1) is 12.2 Å². The first-order valence-electron chi connectivity index (χ1n) is 13.6. The third-order valence-corrected chi connectivity index (χ3v) is 7.28. The van der Waals surface area contributed by atoms with Crippen molar-refractivity contribution in [3.8, 4) is 11.1 Å². The number of carbonyl (C=O) groups excluding carboxylic acids is 2. The number of rotatable bonds is 11. The van der Waals surface area contributed by atoms with Gasteiger partial charge in [0.1, 0.15) is 11.5 Å². The Labute approximate surface area is 256 Å². The Morgan fingerprint density at radius 1 is 1.05 bits per heavy atom. The Balaban J connectivity index is 0.00000441. The molecular weight excluding hydrogens is 522 g/mol. The van der Waals surface area contributed by atoms with Crippen molar-refractivity contribution in [3.63, 3.8) is 0 Å². The molecule has 0 aliphatic carbocycles. The molecular formula is C31H36FN2NaO5. The second-order valence-electron chi connectivity index (χ2n) is 10.6. The van der Waals surface area contributed by atoms with Crippen molar-refractivity contribution in [1.29, 1.82) is 0 Å². The van der Waals surface area contributed by atoms with Crippen molar-refractivity contribution < 1.29 is 58.9 Å². The van der Waals surface area contributed by atoms with Crippen molar-refractivity contribution >= 4 is 11.9 Å². The molecule has 1 aromatic heterocycles. The molecule has 1 amide bonds. The number of halogens is 1. The van der Waals surface area contributed by atoms with Gasteiger partial charge in [-0.2, -0.15) is 0 Å². The summed E-state index contributed by atoms with van der Waals surface area (Å²) < 4.78 is 15.9. The molecule has 1 aliphatic heterocycles. The molecule has 0 unspecified atom stereocenters. The average Bonchev–Trinajstić information content (AvgIpc) is 3.13. The fourth-order valence-corrected chi connectivity index (χ4v) is 5.61. The molecule has 2 aromatic carbocycles. The molecule has 208 valence electrons. The minimum Gasteiger partial charge on any atom is -0.550 e. The molecule has 0 fully saturated rings. The van der Waals surface area contributed by atoms with Crippen LogP contribution >= 0.6 is 0 Å². The first-order valence-corrected chi connectivity index (χ1v) is 13.6. The number of aromatic nitrogens is 1. The van der Waals surface area contributed by atoms with Crippen LogP contribution in [0.25, 0.3) is 11.1 Å². The Hall–Kier alpha value is -2.49. The molecule has 0 radical (unpaired) electrons. The fraction of sp³-hybridized carbons (Fsp3) is 0.419. The summed E-state index contributed by atoms with van der Waals surface area (Å²) in [4.78, 5) is 26.8. The van der Waals surface area contributed by atoms with Crippen LogP contribution < -0.4 is 34.7 Å². The maximum Gasteiger partial charge on any atom is 1.00 e. The first kappa shape index (κ1) is 32.0. The maximum atomic E-state index is 14.1. The second kappa shape index (κ2) is 14.4. The number of fused-ring (bicyclic) bond motifs is 1. The largest absolute Gasteiger partial charge is 1.00 e. The van der Waals surface area contributed by atoms with E-state index in [1.54, 1.807) is 12.1 Å². The Bertz CT molecular complexity index is 1290. The quantitative estimate of drug-likeness (QED) is 0.337. The predicted molar refractivity (Wildman–Crippen MR) is 144 cm³/mol. The Morgan fingerprint density at radius 2 is 1.73 bits per heavy atom. The van der Waals surface area contributed by atoms with E-state index < -0.39 is 24.6 Å². The fourth-order valence-electron chi connectivity index (χ4n) is 5.61. The number of benzene rings is 2. The zero-order valence-corrected chi connectivity index (χ0v) is 25.5. The smallest absolute Gasteiger partial charge is 0.550 e. The molecule has 2 atom stereocenters. The standard InChI is InChI=1S/C31H37FN2O5.Na/c1-20(2)34-27(15-14-24(35)17-25(36)18-28(37)38)29(22-10-12-23(32)13-11-22)26-9-6-16-33(31(39)30(26)34)19-21-7-4-3-5-8-21;/h3-5,7-8,10-13,20,24-25,35-36H,6,9,14-19H2,1-2H3,(H,37,38);/q;+1/p-1/t24-,25-;/m1./s1. The summed E-state index contributed by atoms with van der Waals surface area (Å²) in [5, 5.41) is 31.4. The van der Waals surface area contributed by atoms with Crippen molar-refractivity contribution in [2.45, 2.75) is 77.2 Å². The summed E-state index contributed by atoms with van der Waals surface area (Å²) >= 11 is 0. The van der Waals surface area contributed by atoms with Crippen LogP contribution in [0.1, 0.15) is 72.9 Å². The van der Waals surface area contributed by atoms with E-state index in [1.165, 1.54) is 12.1 Å². The molecule has 0 saturated heterocycles.